The highest BCUT2D eigenvalue weighted by molar-refractivity contribution is 5.97. The van der Waals surface area contributed by atoms with Gasteiger partial charge in [-0.3, -0.25) is 9.59 Å². The van der Waals surface area contributed by atoms with Crippen molar-refractivity contribution in [2.24, 2.45) is 0 Å². The average molecular weight is 276 g/mol. The molecule has 0 saturated carbocycles. The van der Waals surface area contributed by atoms with Crippen LogP contribution in [-0.4, -0.2) is 35.9 Å². The molecule has 108 valence electrons. The first-order valence-corrected chi connectivity index (χ1v) is 6.72. The fraction of sp³-hybridized carbons (Fsp3) is 0.467. The Hall–Kier alpha value is -2.04. The fourth-order valence-electron chi connectivity index (χ4n) is 2.31. The van der Waals surface area contributed by atoms with Crippen LogP contribution < -0.4 is 10.1 Å². The van der Waals surface area contributed by atoms with Crippen LogP contribution in [0.15, 0.2) is 24.3 Å². The summed E-state index contributed by atoms with van der Waals surface area (Å²) in [5.74, 6) is 0.632. The van der Waals surface area contributed by atoms with Gasteiger partial charge in [0.25, 0.3) is 0 Å². The van der Waals surface area contributed by atoms with Crippen LogP contribution in [0.4, 0.5) is 0 Å². The molecule has 1 aromatic rings. The average Bonchev–Trinajstić information content (AvgIpc) is 2.45. The number of benzene rings is 1. The van der Waals surface area contributed by atoms with E-state index in [2.05, 4.69) is 5.32 Å². The van der Waals surface area contributed by atoms with Crippen molar-refractivity contribution in [3.8, 4) is 5.75 Å². The van der Waals surface area contributed by atoms with E-state index in [0.29, 0.717) is 13.0 Å². The quantitative estimate of drug-likeness (QED) is 0.902. The highest BCUT2D eigenvalue weighted by Gasteiger charge is 2.41. The Morgan fingerprint density at radius 3 is 2.50 bits per heavy atom. The summed E-state index contributed by atoms with van der Waals surface area (Å²) in [5.41, 5.74) is 0.189. The van der Waals surface area contributed by atoms with Crippen LogP contribution in [0.1, 0.15) is 25.8 Å². The number of piperazine rings is 1. The number of nitrogens with zero attached hydrogens (tertiary/aromatic N) is 1. The molecule has 0 aliphatic carbocycles. The highest BCUT2D eigenvalue weighted by atomic mass is 16.5. The van der Waals surface area contributed by atoms with Gasteiger partial charge in [-0.1, -0.05) is 19.1 Å². The molecule has 1 aliphatic rings. The van der Waals surface area contributed by atoms with E-state index in [0.717, 1.165) is 11.3 Å². The van der Waals surface area contributed by atoms with Crippen molar-refractivity contribution < 1.29 is 14.3 Å². The number of ether oxygens (including phenoxy) is 1. The van der Waals surface area contributed by atoms with Gasteiger partial charge in [0.15, 0.2) is 0 Å². The topological polar surface area (TPSA) is 58.6 Å². The van der Waals surface area contributed by atoms with Crippen molar-refractivity contribution in [3.63, 3.8) is 0 Å². The number of hydrogen-bond donors (Lipinski definition) is 1. The van der Waals surface area contributed by atoms with Gasteiger partial charge in [0.05, 0.1) is 13.7 Å². The maximum absolute atomic E-state index is 12.4. The molecule has 1 saturated heterocycles. The molecule has 1 aliphatic heterocycles. The monoisotopic (exact) mass is 276 g/mol. The summed E-state index contributed by atoms with van der Waals surface area (Å²) < 4.78 is 5.10. The summed E-state index contributed by atoms with van der Waals surface area (Å²) >= 11 is 0. The molecule has 1 atom stereocenters. The molecule has 5 heteroatoms. The number of rotatable bonds is 4. The zero-order valence-corrected chi connectivity index (χ0v) is 12.1. The van der Waals surface area contributed by atoms with Gasteiger partial charge in [0.2, 0.25) is 11.8 Å². The van der Waals surface area contributed by atoms with Gasteiger partial charge in [-0.05, 0) is 31.0 Å². The van der Waals surface area contributed by atoms with Crippen LogP contribution in [-0.2, 0) is 16.1 Å². The van der Waals surface area contributed by atoms with E-state index >= 15 is 0 Å². The minimum atomic E-state index is -0.790. The Morgan fingerprint density at radius 2 is 1.95 bits per heavy atom. The molecule has 1 unspecified atom stereocenters. The van der Waals surface area contributed by atoms with Crippen LogP contribution in [0, 0.1) is 0 Å². The van der Waals surface area contributed by atoms with Gasteiger partial charge < -0.3 is 15.0 Å². The predicted molar refractivity (Wildman–Crippen MR) is 75.2 cm³/mol. The fourth-order valence-corrected chi connectivity index (χ4v) is 2.31. The molecule has 2 rings (SSSR count). The zero-order valence-electron chi connectivity index (χ0n) is 12.1. The highest BCUT2D eigenvalue weighted by Crippen LogP contribution is 2.20. The first kappa shape index (κ1) is 14.4. The molecule has 2 amide bonds. The molecule has 0 spiro atoms. The lowest BCUT2D eigenvalue weighted by Crippen LogP contribution is -2.64. The zero-order chi connectivity index (χ0) is 14.8. The molecule has 5 nitrogen and oxygen atoms in total. The molecule has 1 aromatic carbocycles. The molecule has 0 aromatic heterocycles. The largest absolute Gasteiger partial charge is 0.497 e. The minimum absolute atomic E-state index is 0.0320. The lowest BCUT2D eigenvalue weighted by molar-refractivity contribution is -0.149. The van der Waals surface area contributed by atoms with Crippen LogP contribution in [0.5, 0.6) is 5.75 Å². The molecule has 1 N–H and O–H groups in total. The number of carbonyl (C=O) groups is 2. The summed E-state index contributed by atoms with van der Waals surface area (Å²) in [7, 11) is 1.61. The van der Waals surface area contributed by atoms with Crippen molar-refractivity contribution in [3.05, 3.63) is 29.8 Å². The molecule has 1 fully saturated rings. The smallest absolute Gasteiger partial charge is 0.248 e. The Labute approximate surface area is 118 Å². The molecule has 0 bridgehead atoms. The third kappa shape index (κ3) is 2.76. The maximum Gasteiger partial charge on any atom is 0.248 e. The van der Waals surface area contributed by atoms with E-state index in [4.69, 9.17) is 4.74 Å². The molecular formula is C15H20N2O3. The van der Waals surface area contributed by atoms with Crippen molar-refractivity contribution in [2.45, 2.75) is 32.4 Å². The molecular weight excluding hydrogens is 256 g/mol. The summed E-state index contributed by atoms with van der Waals surface area (Å²) in [6.45, 7) is 4.22. The summed E-state index contributed by atoms with van der Waals surface area (Å²) in [6.07, 6.45) is 0.580. The van der Waals surface area contributed by atoms with E-state index in [9.17, 15) is 9.59 Å². The van der Waals surface area contributed by atoms with E-state index in [-0.39, 0.29) is 18.4 Å². The van der Waals surface area contributed by atoms with E-state index in [1.165, 1.54) is 0 Å². The summed E-state index contributed by atoms with van der Waals surface area (Å²) in [4.78, 5) is 25.8. The van der Waals surface area contributed by atoms with E-state index in [1.54, 1.807) is 18.9 Å². The molecule has 20 heavy (non-hydrogen) atoms. The SMILES string of the molecule is CCC1(C)NC(=O)CN(Cc2ccc(OC)cc2)C1=O. The second-order valence-electron chi connectivity index (χ2n) is 5.24. The van der Waals surface area contributed by atoms with Gasteiger partial charge in [-0.15, -0.1) is 0 Å². The minimum Gasteiger partial charge on any atom is -0.497 e. The van der Waals surface area contributed by atoms with Crippen LogP contribution >= 0.6 is 0 Å². The first-order chi connectivity index (χ1) is 9.48. The van der Waals surface area contributed by atoms with Gasteiger partial charge >= 0.3 is 0 Å². The van der Waals surface area contributed by atoms with Crippen molar-refractivity contribution in [1.82, 2.24) is 10.2 Å². The second-order valence-corrected chi connectivity index (χ2v) is 5.24. The van der Waals surface area contributed by atoms with Gasteiger partial charge in [0.1, 0.15) is 11.3 Å². The summed E-state index contributed by atoms with van der Waals surface area (Å²) in [6, 6.07) is 7.51. The van der Waals surface area contributed by atoms with Crippen molar-refractivity contribution in [1.29, 1.82) is 0 Å². The van der Waals surface area contributed by atoms with Crippen LogP contribution in [0.3, 0.4) is 0 Å². The molecule has 0 radical (unpaired) electrons. The van der Waals surface area contributed by atoms with E-state index in [1.807, 2.05) is 31.2 Å². The normalized spacial score (nSPS) is 22.6. The Morgan fingerprint density at radius 1 is 1.30 bits per heavy atom. The van der Waals surface area contributed by atoms with Crippen molar-refractivity contribution in [2.75, 3.05) is 13.7 Å². The summed E-state index contributed by atoms with van der Waals surface area (Å²) in [5, 5.41) is 2.78. The van der Waals surface area contributed by atoms with Gasteiger partial charge in [0, 0.05) is 6.54 Å². The number of hydrogen-bond acceptors (Lipinski definition) is 3. The number of amides is 2. The van der Waals surface area contributed by atoms with Crippen LogP contribution in [0.2, 0.25) is 0 Å². The predicted octanol–water partition coefficient (Wildman–Crippen LogP) is 1.32. The Kier molecular flexibility index (Phi) is 3.97. The number of nitrogens with one attached hydrogen (secondary N) is 1. The van der Waals surface area contributed by atoms with Crippen LogP contribution in [0.25, 0.3) is 0 Å². The number of methoxy groups -OCH3 is 1. The standard InChI is InChI=1S/C15H20N2O3/c1-4-15(2)14(19)17(10-13(18)16-15)9-11-5-7-12(20-3)8-6-11/h5-8H,4,9-10H2,1-3H3,(H,16,18). The first-order valence-electron chi connectivity index (χ1n) is 6.72. The lowest BCUT2D eigenvalue weighted by Gasteiger charge is -2.39. The maximum atomic E-state index is 12.4. The van der Waals surface area contributed by atoms with Gasteiger partial charge in [-0.2, -0.15) is 0 Å². The Balaban J connectivity index is 2.14. The third-order valence-corrected chi connectivity index (χ3v) is 3.75. The molecule has 1 heterocycles. The van der Waals surface area contributed by atoms with Crippen molar-refractivity contribution >= 4 is 11.8 Å². The lowest BCUT2D eigenvalue weighted by atomic mass is 9.94. The van der Waals surface area contributed by atoms with Gasteiger partial charge in [-0.25, -0.2) is 0 Å². The third-order valence-electron chi connectivity index (χ3n) is 3.75. The Bertz CT molecular complexity index is 512. The van der Waals surface area contributed by atoms with E-state index < -0.39 is 5.54 Å². The second kappa shape index (κ2) is 5.53. The number of carbonyl (C=O) groups excluding carboxylic acids is 2.